The predicted octanol–water partition coefficient (Wildman–Crippen LogP) is 3.81. The van der Waals surface area contributed by atoms with Crippen molar-refractivity contribution >= 4 is 23.4 Å². The van der Waals surface area contributed by atoms with Gasteiger partial charge in [0.15, 0.2) is 0 Å². The minimum atomic E-state index is -0.454. The van der Waals surface area contributed by atoms with Gasteiger partial charge in [-0.2, -0.15) is 0 Å². The summed E-state index contributed by atoms with van der Waals surface area (Å²) < 4.78 is 11.3. The molecule has 8 nitrogen and oxygen atoms in total. The molecule has 1 aromatic heterocycles. The average Bonchev–Trinajstić information content (AvgIpc) is 2.88. The van der Waals surface area contributed by atoms with E-state index < -0.39 is 6.17 Å². The van der Waals surface area contributed by atoms with Crippen LogP contribution in [0.1, 0.15) is 67.9 Å². The highest BCUT2D eigenvalue weighted by Gasteiger charge is 2.29. The van der Waals surface area contributed by atoms with E-state index in [2.05, 4.69) is 20.9 Å². The quantitative estimate of drug-likeness (QED) is 0.484. The number of nitrogens with one attached hydrogen (secondary N) is 3. The number of amides is 2. The minimum absolute atomic E-state index is 0.0147. The first-order valence-electron chi connectivity index (χ1n) is 12.3. The summed E-state index contributed by atoms with van der Waals surface area (Å²) >= 11 is 6.49. The van der Waals surface area contributed by atoms with Crippen LogP contribution in [0.2, 0.25) is 5.02 Å². The maximum Gasteiger partial charge on any atom is 0.223 e. The minimum Gasteiger partial charge on any atom is -0.477 e. The molecule has 2 aliphatic heterocycles. The number of carbonyl (C=O) groups is 2. The third-order valence-electron chi connectivity index (χ3n) is 6.37. The lowest BCUT2D eigenvalue weighted by Crippen LogP contribution is -2.46. The number of pyridine rings is 1. The van der Waals surface area contributed by atoms with Crippen LogP contribution < -0.4 is 20.7 Å². The van der Waals surface area contributed by atoms with E-state index in [0.29, 0.717) is 42.8 Å². The van der Waals surface area contributed by atoms with Gasteiger partial charge in [0.2, 0.25) is 17.7 Å². The van der Waals surface area contributed by atoms with Crippen molar-refractivity contribution < 1.29 is 19.1 Å². The van der Waals surface area contributed by atoms with Gasteiger partial charge in [-0.15, -0.1) is 0 Å². The van der Waals surface area contributed by atoms with Crippen LogP contribution >= 0.6 is 11.6 Å². The van der Waals surface area contributed by atoms with Gasteiger partial charge in [0.05, 0.1) is 6.61 Å². The maximum absolute atomic E-state index is 12.6. The van der Waals surface area contributed by atoms with Crippen LogP contribution in [-0.4, -0.2) is 36.6 Å². The van der Waals surface area contributed by atoms with Gasteiger partial charge in [0.1, 0.15) is 6.17 Å². The summed E-state index contributed by atoms with van der Waals surface area (Å²) in [5.41, 5.74) is 2.58. The van der Waals surface area contributed by atoms with Crippen LogP contribution in [0.4, 0.5) is 0 Å². The molecule has 3 N–H and O–H groups in total. The lowest BCUT2D eigenvalue weighted by Gasteiger charge is -2.32. The first kappa shape index (κ1) is 25.4. The number of halogens is 1. The molecule has 0 aliphatic carbocycles. The highest BCUT2D eigenvalue weighted by atomic mass is 35.5. The van der Waals surface area contributed by atoms with Gasteiger partial charge in [-0.05, 0) is 48.4 Å². The first-order chi connectivity index (χ1) is 17.0. The zero-order valence-corrected chi connectivity index (χ0v) is 20.8. The molecule has 2 aromatic rings. The van der Waals surface area contributed by atoms with Crippen molar-refractivity contribution in [2.75, 3.05) is 19.8 Å². The fraction of sp³-hybridized carbons (Fsp3) is 0.500. The van der Waals surface area contributed by atoms with Crippen molar-refractivity contribution in [1.82, 2.24) is 20.9 Å². The van der Waals surface area contributed by atoms with E-state index in [0.717, 1.165) is 49.2 Å². The van der Waals surface area contributed by atoms with Crippen molar-refractivity contribution in [1.29, 1.82) is 0 Å². The van der Waals surface area contributed by atoms with E-state index >= 15 is 0 Å². The van der Waals surface area contributed by atoms with E-state index in [9.17, 15) is 9.59 Å². The molecule has 4 rings (SSSR count). The smallest absolute Gasteiger partial charge is 0.223 e. The molecule has 3 heterocycles. The topological polar surface area (TPSA) is 102 Å². The highest BCUT2D eigenvalue weighted by Crippen LogP contribution is 2.30. The highest BCUT2D eigenvalue weighted by molar-refractivity contribution is 6.31. The van der Waals surface area contributed by atoms with Crippen LogP contribution in [0, 0.1) is 5.92 Å². The normalized spacial score (nSPS) is 20.8. The molecular weight excluding hydrogens is 468 g/mol. The fourth-order valence-electron chi connectivity index (χ4n) is 4.33. The number of nitrogens with zero attached hydrogens (tertiary/aromatic N) is 1. The van der Waals surface area contributed by atoms with Crippen molar-refractivity contribution in [2.24, 2.45) is 5.92 Å². The molecule has 2 fully saturated rings. The Morgan fingerprint density at radius 1 is 1.26 bits per heavy atom. The average molecular weight is 501 g/mol. The predicted molar refractivity (Wildman–Crippen MR) is 133 cm³/mol. The number of benzene rings is 1. The Kier molecular flexibility index (Phi) is 8.95. The Morgan fingerprint density at radius 2 is 2.09 bits per heavy atom. The molecule has 35 heavy (non-hydrogen) atoms. The molecule has 2 amide bonds. The van der Waals surface area contributed by atoms with Crippen LogP contribution in [0.3, 0.4) is 0 Å². The second-order valence-corrected chi connectivity index (χ2v) is 9.51. The molecule has 0 spiro atoms. The van der Waals surface area contributed by atoms with Gasteiger partial charge in [-0.3, -0.25) is 14.9 Å². The molecule has 9 heteroatoms. The first-order valence-corrected chi connectivity index (χ1v) is 12.7. The molecule has 2 saturated heterocycles. The third-order valence-corrected chi connectivity index (χ3v) is 6.71. The van der Waals surface area contributed by atoms with Crippen LogP contribution in [0.25, 0.3) is 0 Å². The van der Waals surface area contributed by atoms with Crippen LogP contribution in [-0.2, 0) is 20.9 Å². The summed E-state index contributed by atoms with van der Waals surface area (Å²) in [5, 5.41) is 9.91. The van der Waals surface area contributed by atoms with Gasteiger partial charge in [0, 0.05) is 61.5 Å². The molecule has 0 radical (unpaired) electrons. The third kappa shape index (κ3) is 7.16. The van der Waals surface area contributed by atoms with E-state index in [1.165, 1.54) is 0 Å². The molecule has 188 valence electrons. The van der Waals surface area contributed by atoms with Crippen LogP contribution in [0.15, 0.2) is 36.5 Å². The molecule has 1 aromatic carbocycles. The van der Waals surface area contributed by atoms with Crippen molar-refractivity contribution in [3.63, 3.8) is 0 Å². The molecule has 2 atom stereocenters. The second kappa shape index (κ2) is 12.3. The number of hydrogen-bond acceptors (Lipinski definition) is 6. The van der Waals surface area contributed by atoms with E-state index in [1.807, 2.05) is 31.2 Å². The second-order valence-electron chi connectivity index (χ2n) is 9.10. The SMILES string of the molecule is CCCC(=O)NCc1ccc(Cl)c(C2NC(=O)CC(c3ccc(OCC4CCOCC4)nc3)N2)c1. The molecule has 0 bridgehead atoms. The molecule has 2 aliphatic rings. The summed E-state index contributed by atoms with van der Waals surface area (Å²) in [4.78, 5) is 28.8. The Morgan fingerprint density at radius 3 is 2.83 bits per heavy atom. The molecule has 2 unspecified atom stereocenters. The maximum atomic E-state index is 12.6. The lowest BCUT2D eigenvalue weighted by atomic mass is 9.99. The summed E-state index contributed by atoms with van der Waals surface area (Å²) in [7, 11) is 0. The number of hydrogen-bond donors (Lipinski definition) is 3. The standard InChI is InChI=1S/C26H33ClN4O4/c1-2-3-23(32)28-14-18-4-6-21(27)20(12-18)26-30-22(13-24(33)31-26)19-5-7-25(29-15-19)35-16-17-8-10-34-11-9-17/h4-7,12,15,17,22,26,30H,2-3,8-11,13-14,16H2,1H3,(H,28,32)(H,31,33). The van der Waals surface area contributed by atoms with Crippen molar-refractivity contribution in [2.45, 2.75) is 57.8 Å². The number of ether oxygens (including phenoxy) is 2. The monoisotopic (exact) mass is 500 g/mol. The fourth-order valence-corrected chi connectivity index (χ4v) is 4.56. The summed E-state index contributed by atoms with van der Waals surface area (Å²) in [5.74, 6) is 1.02. The number of aromatic nitrogens is 1. The molecular formula is C26H33ClN4O4. The Balaban J connectivity index is 1.39. The van der Waals surface area contributed by atoms with Crippen molar-refractivity contribution in [3.05, 3.63) is 58.2 Å². The zero-order valence-electron chi connectivity index (χ0n) is 20.0. The van der Waals surface area contributed by atoms with Gasteiger partial charge in [0.25, 0.3) is 0 Å². The Labute approximate surface area is 211 Å². The zero-order chi connectivity index (χ0) is 24.6. The lowest BCUT2D eigenvalue weighted by molar-refractivity contribution is -0.124. The summed E-state index contributed by atoms with van der Waals surface area (Å²) in [6.07, 6.45) is 4.92. The van der Waals surface area contributed by atoms with E-state index in [4.69, 9.17) is 21.1 Å². The Hall–Kier alpha value is -2.68. The van der Waals surface area contributed by atoms with Crippen molar-refractivity contribution in [3.8, 4) is 5.88 Å². The van der Waals surface area contributed by atoms with E-state index in [-0.39, 0.29) is 17.9 Å². The van der Waals surface area contributed by atoms with E-state index in [1.54, 1.807) is 12.3 Å². The van der Waals surface area contributed by atoms with Gasteiger partial charge < -0.3 is 20.1 Å². The van der Waals surface area contributed by atoms with Crippen LogP contribution in [0.5, 0.6) is 5.88 Å². The van der Waals surface area contributed by atoms with Gasteiger partial charge >= 0.3 is 0 Å². The van der Waals surface area contributed by atoms with Gasteiger partial charge in [-0.25, -0.2) is 4.98 Å². The summed E-state index contributed by atoms with van der Waals surface area (Å²) in [6.45, 7) is 4.59. The number of carbonyl (C=O) groups excluding carboxylic acids is 2. The summed E-state index contributed by atoms with van der Waals surface area (Å²) in [6, 6.07) is 9.17. The molecule has 0 saturated carbocycles. The van der Waals surface area contributed by atoms with Gasteiger partial charge in [-0.1, -0.05) is 30.7 Å². The number of rotatable bonds is 9. The Bertz CT molecular complexity index is 1010. The largest absolute Gasteiger partial charge is 0.477 e.